The third-order valence-corrected chi connectivity index (χ3v) is 8.59. The number of aliphatic carboxylic acids is 1. The smallest absolute Gasteiger partial charge is 0.426 e. The average molecular weight is 680 g/mol. The van der Waals surface area contributed by atoms with E-state index in [9.17, 15) is 24.3 Å². The van der Waals surface area contributed by atoms with Crippen molar-refractivity contribution in [2.75, 3.05) is 13.1 Å². The van der Waals surface area contributed by atoms with Crippen LogP contribution < -0.4 is 15.6 Å². The topological polar surface area (TPSA) is 181 Å². The van der Waals surface area contributed by atoms with Crippen LogP contribution in [0.4, 0.5) is 9.59 Å². The van der Waals surface area contributed by atoms with E-state index in [4.69, 9.17) is 32.8 Å². The van der Waals surface area contributed by atoms with Crippen LogP contribution in [0.3, 0.4) is 0 Å². The lowest BCUT2D eigenvalue weighted by molar-refractivity contribution is -0.144. The Morgan fingerprint density at radius 2 is 1.93 bits per heavy atom. The van der Waals surface area contributed by atoms with Crippen LogP contribution in [0.15, 0.2) is 30.4 Å². The number of hydrogen-bond acceptors (Lipinski definition) is 9. The first-order chi connectivity index (χ1) is 21.8. The number of hydrogen-bond donors (Lipinski definition) is 3. The Morgan fingerprint density at radius 1 is 1.15 bits per heavy atom. The molecule has 3 aliphatic rings. The predicted octanol–water partition coefficient (Wildman–Crippen LogP) is 3.47. The molecule has 3 N–H and O–H groups in total. The van der Waals surface area contributed by atoms with Gasteiger partial charge in [-0.05, 0) is 69.9 Å². The zero-order valence-corrected chi connectivity index (χ0v) is 27.1. The number of urea groups is 1. The normalized spacial score (nSPS) is 26.2. The minimum atomic E-state index is -1.47. The van der Waals surface area contributed by atoms with E-state index in [-0.39, 0.29) is 37.7 Å². The van der Waals surface area contributed by atoms with Gasteiger partial charge in [-0.1, -0.05) is 46.9 Å². The van der Waals surface area contributed by atoms with Gasteiger partial charge in [0.25, 0.3) is 0 Å². The Morgan fingerprint density at radius 3 is 2.65 bits per heavy atom. The molecule has 15 nitrogen and oxygen atoms in total. The van der Waals surface area contributed by atoms with Gasteiger partial charge in [0.05, 0.1) is 16.6 Å². The number of nitrogens with zero attached hydrogens (tertiary/aromatic N) is 6. The van der Waals surface area contributed by atoms with Crippen LogP contribution in [0.5, 0.6) is 0 Å². The molecular weight excluding hydrogens is 643 g/mol. The Balaban J connectivity index is 1.40. The zero-order valence-electron chi connectivity index (χ0n) is 25.6. The number of carboxylic acids is 1. The molecule has 4 unspecified atom stereocenters. The quantitative estimate of drug-likeness (QED) is 0.396. The van der Waals surface area contributed by atoms with Gasteiger partial charge < -0.3 is 24.9 Å². The second-order valence-electron chi connectivity index (χ2n) is 12.5. The third-order valence-electron chi connectivity index (χ3n) is 7.85. The van der Waals surface area contributed by atoms with Gasteiger partial charge in [-0.15, -0.1) is 5.10 Å². The van der Waals surface area contributed by atoms with E-state index >= 15 is 0 Å². The molecule has 2 aromatic rings. The number of carbonyl (C=O) groups is 4. The lowest BCUT2D eigenvalue weighted by Gasteiger charge is -2.32. The van der Waals surface area contributed by atoms with Crippen LogP contribution in [0.2, 0.25) is 10.0 Å². The maximum Gasteiger partial charge on any atom is 0.426 e. The summed E-state index contributed by atoms with van der Waals surface area (Å²) in [6, 6.07) is 3.02. The summed E-state index contributed by atoms with van der Waals surface area (Å²) in [6.45, 7) is 5.15. The van der Waals surface area contributed by atoms with E-state index in [1.807, 2.05) is 12.2 Å². The predicted molar refractivity (Wildman–Crippen MR) is 164 cm³/mol. The third kappa shape index (κ3) is 7.64. The number of tetrazole rings is 1. The van der Waals surface area contributed by atoms with Crippen LogP contribution in [-0.4, -0.2) is 95.8 Å². The van der Waals surface area contributed by atoms with Crippen LogP contribution in [0.1, 0.15) is 59.3 Å². The van der Waals surface area contributed by atoms with Crippen molar-refractivity contribution < 1.29 is 33.9 Å². The zero-order chi connectivity index (χ0) is 33.2. The van der Waals surface area contributed by atoms with Gasteiger partial charge in [-0.3, -0.25) is 4.79 Å². The number of nitrogens with one attached hydrogen (secondary N) is 2. The fourth-order valence-corrected chi connectivity index (χ4v) is 5.76. The first-order valence-electron chi connectivity index (χ1n) is 15.0. The summed E-state index contributed by atoms with van der Waals surface area (Å²) in [5.41, 5.74) is 0.767. The van der Waals surface area contributed by atoms with Crippen LogP contribution >= 0.6 is 23.2 Å². The second kappa shape index (κ2) is 13.3. The van der Waals surface area contributed by atoms with Crippen molar-refractivity contribution in [3.05, 3.63) is 40.4 Å². The first-order valence-corrected chi connectivity index (χ1v) is 15.7. The molecule has 2 aliphatic heterocycles. The van der Waals surface area contributed by atoms with E-state index in [0.29, 0.717) is 28.5 Å². The summed E-state index contributed by atoms with van der Waals surface area (Å²) in [5, 5.41) is 26.7. The largest absolute Gasteiger partial charge is 0.479 e. The Bertz CT molecular complexity index is 1530. The molecule has 1 saturated carbocycles. The van der Waals surface area contributed by atoms with Gasteiger partial charge in [0, 0.05) is 29.4 Å². The number of benzene rings is 1. The number of rotatable bonds is 5. The number of amides is 4. The molecule has 1 aromatic heterocycles. The molecule has 46 heavy (non-hydrogen) atoms. The van der Waals surface area contributed by atoms with Gasteiger partial charge in [0.2, 0.25) is 11.7 Å². The summed E-state index contributed by atoms with van der Waals surface area (Å²) in [7, 11) is 0. The van der Waals surface area contributed by atoms with Gasteiger partial charge in [0.15, 0.2) is 0 Å². The van der Waals surface area contributed by atoms with Crippen molar-refractivity contribution in [1.29, 1.82) is 0 Å². The Labute approximate surface area is 275 Å². The molecule has 1 aromatic carbocycles. The number of aromatic nitrogens is 4. The van der Waals surface area contributed by atoms with Gasteiger partial charge in [0.1, 0.15) is 23.3 Å². The maximum atomic E-state index is 14.0. The molecule has 248 valence electrons. The standard InChI is InChI=1S/C29H36Cl2N8O7/c1-28(2,3)45-26(43)35-38-12-8-6-4-5-7-9-18-15-29(18,25(41)42)32-24(40)22-14-19(16-37(22)27(38)44)46-39-34-23(33-36-39)17-10-11-20(30)21(31)13-17/h7,9-11,13,18-19,22H,4-6,8,12,14-16H2,1-3H3,(H,32,40)(H,35,43)(H,41,42)/b9-7-. The molecule has 2 fully saturated rings. The average Bonchev–Trinajstić information content (AvgIpc) is 3.27. The highest BCUT2D eigenvalue weighted by Gasteiger charge is 2.61. The van der Waals surface area contributed by atoms with Gasteiger partial charge in [-0.25, -0.2) is 24.8 Å². The number of fused-ring (bicyclic) bond motifs is 2. The van der Waals surface area contributed by atoms with E-state index < -0.39 is 47.3 Å². The summed E-state index contributed by atoms with van der Waals surface area (Å²) >= 11 is 12.1. The number of carbonyl (C=O) groups excluding carboxylic acids is 3. The molecular formula is C29H36Cl2N8O7. The molecule has 0 radical (unpaired) electrons. The van der Waals surface area contributed by atoms with Crippen molar-refractivity contribution in [2.45, 2.75) is 82.6 Å². The molecule has 4 atom stereocenters. The summed E-state index contributed by atoms with van der Waals surface area (Å²) in [5.74, 6) is -1.99. The molecule has 5 rings (SSSR count). The molecule has 0 spiro atoms. The van der Waals surface area contributed by atoms with Crippen molar-refractivity contribution in [3.8, 4) is 11.4 Å². The minimum Gasteiger partial charge on any atom is -0.479 e. The molecule has 1 saturated heterocycles. The van der Waals surface area contributed by atoms with Crippen LogP contribution in [-0.2, 0) is 14.3 Å². The monoisotopic (exact) mass is 678 g/mol. The molecule has 0 bridgehead atoms. The highest BCUT2D eigenvalue weighted by Crippen LogP contribution is 2.45. The Hall–Kier alpha value is -4.11. The molecule has 3 heterocycles. The lowest BCUT2D eigenvalue weighted by Crippen LogP contribution is -2.58. The lowest BCUT2D eigenvalue weighted by atomic mass is 10.1. The molecule has 17 heteroatoms. The van der Waals surface area contributed by atoms with E-state index in [1.54, 1.807) is 39.0 Å². The SMILES string of the molecule is CC(C)(C)OC(=O)NN1CCCCC/C=C\C2CC2(C(=O)O)NC(=O)C2CC(On3nnc(-c4ccc(Cl)c(Cl)c4)n3)CN2C1=O. The fourth-order valence-electron chi connectivity index (χ4n) is 5.47. The number of allylic oxidation sites excluding steroid dienone is 1. The fraction of sp³-hybridized carbons (Fsp3) is 0.552. The Kier molecular flexibility index (Phi) is 9.63. The maximum absolute atomic E-state index is 14.0. The van der Waals surface area contributed by atoms with Crippen molar-refractivity contribution in [3.63, 3.8) is 0 Å². The number of ether oxygens (including phenoxy) is 1. The number of halogens is 2. The van der Waals surface area contributed by atoms with Gasteiger partial charge >= 0.3 is 18.1 Å². The minimum absolute atomic E-state index is 0.0162. The summed E-state index contributed by atoms with van der Waals surface area (Å²) in [6.07, 6.45) is 5.15. The van der Waals surface area contributed by atoms with E-state index in [2.05, 4.69) is 26.2 Å². The van der Waals surface area contributed by atoms with E-state index in [1.165, 1.54) is 4.90 Å². The van der Waals surface area contributed by atoms with Crippen molar-refractivity contribution in [1.82, 2.24) is 41.0 Å². The van der Waals surface area contributed by atoms with Crippen LogP contribution in [0.25, 0.3) is 11.4 Å². The van der Waals surface area contributed by atoms with Crippen molar-refractivity contribution in [2.24, 2.45) is 5.92 Å². The summed E-state index contributed by atoms with van der Waals surface area (Å²) in [4.78, 5) is 60.8. The number of carboxylic acid groups (broad SMARTS) is 1. The molecule has 4 amide bonds. The van der Waals surface area contributed by atoms with E-state index in [0.717, 1.165) is 22.8 Å². The highest BCUT2D eigenvalue weighted by molar-refractivity contribution is 6.42. The van der Waals surface area contributed by atoms with Gasteiger partial charge in [-0.2, -0.15) is 0 Å². The second-order valence-corrected chi connectivity index (χ2v) is 13.3. The highest BCUT2D eigenvalue weighted by atomic mass is 35.5. The first kappa shape index (κ1) is 33.3. The molecule has 1 aliphatic carbocycles. The number of hydrazine groups is 1. The van der Waals surface area contributed by atoms with Crippen molar-refractivity contribution >= 4 is 47.2 Å². The van der Waals surface area contributed by atoms with Crippen LogP contribution in [0, 0.1) is 5.92 Å². The summed E-state index contributed by atoms with van der Waals surface area (Å²) < 4.78 is 5.38.